The largest absolute Gasteiger partial charge is 0.493 e. The molecule has 1 aliphatic rings. The summed E-state index contributed by atoms with van der Waals surface area (Å²) >= 11 is 0. The number of carbonyl (C=O) groups is 1. The second-order valence-electron chi connectivity index (χ2n) is 3.84. The number of hydrogen-bond donors (Lipinski definition) is 2. The Morgan fingerprint density at radius 2 is 2.06 bits per heavy atom. The Hall–Kier alpha value is -1.60. The summed E-state index contributed by atoms with van der Waals surface area (Å²) < 4.78 is 31.2. The van der Waals surface area contributed by atoms with Gasteiger partial charge in [0.05, 0.1) is 19.3 Å². The lowest BCUT2D eigenvalue weighted by molar-refractivity contribution is -0.136. The Morgan fingerprint density at radius 3 is 2.61 bits per heavy atom. The molecule has 0 atom stereocenters. The van der Waals surface area contributed by atoms with Crippen molar-refractivity contribution in [2.75, 3.05) is 12.9 Å². The van der Waals surface area contributed by atoms with Gasteiger partial charge < -0.3 is 9.84 Å². The van der Waals surface area contributed by atoms with Gasteiger partial charge in [-0.25, -0.2) is 0 Å². The van der Waals surface area contributed by atoms with Gasteiger partial charge in [0.25, 0.3) is 10.1 Å². The molecule has 2 rings (SSSR count). The Kier molecular flexibility index (Phi) is 4.69. The monoisotopic (exact) mass is 274 g/mol. The van der Waals surface area contributed by atoms with Crippen molar-refractivity contribution in [1.82, 2.24) is 0 Å². The number of fused-ring (bicyclic) bond motifs is 1. The van der Waals surface area contributed by atoms with Gasteiger partial charge in [-0.1, -0.05) is 12.1 Å². The van der Waals surface area contributed by atoms with Crippen molar-refractivity contribution in [3.05, 3.63) is 29.3 Å². The molecule has 2 N–H and O–H groups in total. The van der Waals surface area contributed by atoms with Crippen molar-refractivity contribution in [1.29, 1.82) is 0 Å². The molecule has 0 aromatic heterocycles. The fraction of sp³-hybridized carbons (Fsp3) is 0.364. The van der Waals surface area contributed by atoms with E-state index in [2.05, 4.69) is 0 Å². The van der Waals surface area contributed by atoms with Crippen molar-refractivity contribution < 1.29 is 27.6 Å². The standard InChI is InChI=1S/C10H10O3.CH4O3S/c11-10(12)6-7-1-2-9-8(5-7)3-4-13-9;1-5(2,3)4/h1-2,5H,3-4,6H2,(H,11,12);1H3,(H,2,3,4). The quantitative estimate of drug-likeness (QED) is 0.772. The van der Waals surface area contributed by atoms with Crippen molar-refractivity contribution in [3.8, 4) is 5.75 Å². The van der Waals surface area contributed by atoms with Crippen molar-refractivity contribution >= 4 is 16.1 Å². The van der Waals surface area contributed by atoms with Gasteiger partial charge in [0.1, 0.15) is 5.75 Å². The van der Waals surface area contributed by atoms with Crippen molar-refractivity contribution in [2.24, 2.45) is 0 Å². The SMILES string of the molecule is CS(=O)(=O)O.O=C(O)Cc1ccc2c(c1)CCO2. The first-order valence-electron chi connectivity index (χ1n) is 5.14. The van der Waals surface area contributed by atoms with E-state index in [1.54, 1.807) is 6.07 Å². The Labute approximate surface area is 105 Å². The highest BCUT2D eigenvalue weighted by atomic mass is 32.2. The number of benzene rings is 1. The maximum Gasteiger partial charge on any atom is 0.307 e. The van der Waals surface area contributed by atoms with Crippen LogP contribution in [-0.4, -0.2) is 36.9 Å². The average Bonchev–Trinajstić information content (AvgIpc) is 2.60. The van der Waals surface area contributed by atoms with Crippen LogP contribution in [-0.2, 0) is 27.8 Å². The molecule has 0 saturated carbocycles. The lowest BCUT2D eigenvalue weighted by Gasteiger charge is -2.00. The minimum absolute atomic E-state index is 0.0906. The van der Waals surface area contributed by atoms with Gasteiger partial charge in [-0.2, -0.15) is 8.42 Å². The summed E-state index contributed by atoms with van der Waals surface area (Å²) in [7, 11) is -3.67. The molecule has 0 unspecified atom stereocenters. The summed E-state index contributed by atoms with van der Waals surface area (Å²) in [5.41, 5.74) is 1.97. The fourth-order valence-electron chi connectivity index (χ4n) is 1.52. The number of carboxylic acid groups (broad SMARTS) is 1. The molecule has 0 radical (unpaired) electrons. The zero-order valence-electron chi connectivity index (χ0n) is 9.79. The van der Waals surface area contributed by atoms with Crippen LogP contribution in [0.3, 0.4) is 0 Å². The van der Waals surface area contributed by atoms with Gasteiger partial charge in [0.2, 0.25) is 0 Å². The van der Waals surface area contributed by atoms with E-state index in [1.807, 2.05) is 12.1 Å². The summed E-state index contributed by atoms with van der Waals surface area (Å²) in [6, 6.07) is 5.56. The molecule has 1 aromatic rings. The van der Waals surface area contributed by atoms with E-state index in [0.717, 1.165) is 23.3 Å². The van der Waals surface area contributed by atoms with Gasteiger partial charge in [0.15, 0.2) is 0 Å². The molecule has 18 heavy (non-hydrogen) atoms. The van der Waals surface area contributed by atoms with Gasteiger partial charge in [-0.05, 0) is 17.2 Å². The summed E-state index contributed by atoms with van der Waals surface area (Å²) in [6.07, 6.45) is 1.70. The average molecular weight is 274 g/mol. The molecule has 0 aliphatic carbocycles. The minimum atomic E-state index is -3.67. The third kappa shape index (κ3) is 5.65. The predicted octanol–water partition coefficient (Wildman–Crippen LogP) is 0.753. The number of carboxylic acids is 1. The Bertz CT molecular complexity index is 526. The van der Waals surface area contributed by atoms with E-state index in [9.17, 15) is 13.2 Å². The van der Waals surface area contributed by atoms with Crippen LogP contribution in [0, 0.1) is 0 Å². The van der Waals surface area contributed by atoms with Gasteiger partial charge in [0, 0.05) is 6.42 Å². The fourth-order valence-corrected chi connectivity index (χ4v) is 1.52. The minimum Gasteiger partial charge on any atom is -0.493 e. The van der Waals surface area contributed by atoms with Gasteiger partial charge in [-0.3, -0.25) is 9.35 Å². The molecule has 0 spiro atoms. The molecular weight excluding hydrogens is 260 g/mol. The van der Waals surface area contributed by atoms with E-state index < -0.39 is 16.1 Å². The van der Waals surface area contributed by atoms with Gasteiger partial charge >= 0.3 is 5.97 Å². The van der Waals surface area contributed by atoms with E-state index in [1.165, 1.54) is 0 Å². The topological polar surface area (TPSA) is 101 Å². The van der Waals surface area contributed by atoms with E-state index >= 15 is 0 Å². The number of hydrogen-bond acceptors (Lipinski definition) is 4. The van der Waals surface area contributed by atoms with Crippen LogP contribution in [0.25, 0.3) is 0 Å². The van der Waals surface area contributed by atoms with Crippen LogP contribution in [0.4, 0.5) is 0 Å². The molecule has 100 valence electrons. The van der Waals surface area contributed by atoms with E-state index in [4.69, 9.17) is 14.4 Å². The third-order valence-corrected chi connectivity index (χ3v) is 2.11. The molecule has 1 heterocycles. The first-order valence-corrected chi connectivity index (χ1v) is 6.99. The van der Waals surface area contributed by atoms with Crippen molar-refractivity contribution in [3.63, 3.8) is 0 Å². The molecule has 6 nitrogen and oxygen atoms in total. The summed E-state index contributed by atoms with van der Waals surface area (Å²) in [6.45, 7) is 0.714. The maximum absolute atomic E-state index is 10.4. The third-order valence-electron chi connectivity index (χ3n) is 2.11. The van der Waals surface area contributed by atoms with Crippen LogP contribution in [0.1, 0.15) is 11.1 Å². The van der Waals surface area contributed by atoms with Crippen LogP contribution < -0.4 is 4.74 Å². The number of aliphatic carboxylic acids is 1. The highest BCUT2D eigenvalue weighted by Gasteiger charge is 2.12. The molecule has 0 bridgehead atoms. The molecule has 1 aromatic carbocycles. The highest BCUT2D eigenvalue weighted by Crippen LogP contribution is 2.25. The molecule has 0 amide bonds. The lowest BCUT2D eigenvalue weighted by atomic mass is 10.1. The second kappa shape index (κ2) is 5.83. The maximum atomic E-state index is 10.4. The Balaban J connectivity index is 0.000000280. The zero-order chi connectivity index (χ0) is 13.8. The molecule has 7 heteroatoms. The Morgan fingerprint density at radius 1 is 1.44 bits per heavy atom. The number of rotatable bonds is 2. The van der Waals surface area contributed by atoms with Gasteiger partial charge in [-0.15, -0.1) is 0 Å². The summed E-state index contributed by atoms with van der Waals surface area (Å²) in [5, 5.41) is 8.58. The normalized spacial score (nSPS) is 13.0. The number of ether oxygens (including phenoxy) is 1. The smallest absolute Gasteiger partial charge is 0.307 e. The van der Waals surface area contributed by atoms with Crippen LogP contribution in [0.2, 0.25) is 0 Å². The van der Waals surface area contributed by atoms with Crippen LogP contribution in [0.5, 0.6) is 5.75 Å². The molecule has 0 saturated heterocycles. The highest BCUT2D eigenvalue weighted by molar-refractivity contribution is 7.85. The molecular formula is C11H14O6S. The van der Waals surface area contributed by atoms with Crippen molar-refractivity contribution in [2.45, 2.75) is 12.8 Å². The first-order chi connectivity index (χ1) is 8.25. The second-order valence-corrected chi connectivity index (χ2v) is 5.31. The summed E-state index contributed by atoms with van der Waals surface area (Å²) in [5.74, 6) is 0.105. The molecule has 1 aliphatic heterocycles. The van der Waals surface area contributed by atoms with E-state index in [0.29, 0.717) is 12.9 Å². The first kappa shape index (κ1) is 14.5. The predicted molar refractivity (Wildman–Crippen MR) is 64.5 cm³/mol. The van der Waals surface area contributed by atoms with Crippen LogP contribution >= 0.6 is 0 Å². The summed E-state index contributed by atoms with van der Waals surface area (Å²) in [4.78, 5) is 10.4. The van der Waals surface area contributed by atoms with E-state index in [-0.39, 0.29) is 6.42 Å². The molecule has 0 fully saturated rings. The zero-order valence-corrected chi connectivity index (χ0v) is 10.6. The lowest BCUT2D eigenvalue weighted by Crippen LogP contribution is -1.99. The van der Waals surface area contributed by atoms with Crippen LogP contribution in [0.15, 0.2) is 18.2 Å².